The van der Waals surface area contributed by atoms with Crippen molar-refractivity contribution >= 4 is 0 Å². The maximum absolute atomic E-state index is 16.2. The Morgan fingerprint density at radius 2 is 1.86 bits per heavy atom. The summed E-state index contributed by atoms with van der Waals surface area (Å²) in [5, 5.41) is 30.6. The van der Waals surface area contributed by atoms with E-state index in [-0.39, 0.29) is 19.3 Å². The van der Waals surface area contributed by atoms with E-state index < -0.39 is 52.2 Å². The lowest BCUT2D eigenvalue weighted by Crippen LogP contribution is -2.76. The fraction of sp³-hybridized carbons (Fsp3) is 0.417. The average Bonchev–Trinajstić information content (AvgIpc) is 3.25. The van der Waals surface area contributed by atoms with Gasteiger partial charge in [-0.15, -0.1) is 5.10 Å². The van der Waals surface area contributed by atoms with Gasteiger partial charge in [-0.05, 0) is 71.9 Å². The summed E-state index contributed by atoms with van der Waals surface area (Å²) >= 11 is 0. The molecule has 0 aliphatic heterocycles. The van der Waals surface area contributed by atoms with Crippen molar-refractivity contribution in [3.8, 4) is 11.8 Å². The van der Waals surface area contributed by atoms with Crippen LogP contribution in [0.25, 0.3) is 0 Å². The molecule has 1 aromatic heterocycles. The number of hydrogen-bond donors (Lipinski definition) is 1. The van der Waals surface area contributed by atoms with E-state index in [4.69, 9.17) is 10.00 Å². The molecule has 1 N–H and O–H groups in total. The van der Waals surface area contributed by atoms with Crippen LogP contribution < -0.4 is 4.74 Å². The lowest BCUT2D eigenvalue weighted by Gasteiger charge is -2.74. The molecule has 2 bridgehead atoms. The summed E-state index contributed by atoms with van der Waals surface area (Å²) in [6, 6.07) is 11.1. The van der Waals surface area contributed by atoms with Crippen LogP contribution in [0.4, 0.5) is 17.6 Å². The summed E-state index contributed by atoms with van der Waals surface area (Å²) in [6.07, 6.45) is 0.679. The minimum atomic E-state index is -3.78. The molecule has 3 aliphatic carbocycles. The standard InChI is InChI=1S/C24H21F4N5O2/c1-15(9-29)35-18-5-2-16(3-6-18)21-10-22(11-21,12-21)24(27,28)23(34,13-33-14-30-31-32-33)19-7-4-17(25)8-20(19)26/h2-8,14-15,34H,10-13H2,1H3. The molecule has 2 unspecified atom stereocenters. The number of alkyl halides is 2. The number of rotatable bonds is 8. The van der Waals surface area contributed by atoms with Crippen LogP contribution >= 0.6 is 0 Å². The van der Waals surface area contributed by atoms with Gasteiger partial charge in [0.1, 0.15) is 29.8 Å². The number of tetrazole rings is 1. The molecule has 0 radical (unpaired) electrons. The highest BCUT2D eigenvalue weighted by atomic mass is 19.3. The van der Waals surface area contributed by atoms with Crippen molar-refractivity contribution < 1.29 is 27.4 Å². The van der Waals surface area contributed by atoms with E-state index in [9.17, 15) is 13.9 Å². The fourth-order valence-corrected chi connectivity index (χ4v) is 5.65. The van der Waals surface area contributed by atoms with Crippen LogP contribution in [0.15, 0.2) is 48.8 Å². The minimum absolute atomic E-state index is 0.0858. The van der Waals surface area contributed by atoms with Gasteiger partial charge in [0, 0.05) is 17.0 Å². The van der Waals surface area contributed by atoms with Crippen LogP contribution in [0.2, 0.25) is 0 Å². The zero-order valence-corrected chi connectivity index (χ0v) is 18.6. The van der Waals surface area contributed by atoms with Gasteiger partial charge in [-0.3, -0.25) is 0 Å². The molecular weight excluding hydrogens is 466 g/mol. The molecule has 1 heterocycles. The van der Waals surface area contributed by atoms with Crippen molar-refractivity contribution in [1.29, 1.82) is 5.26 Å². The van der Waals surface area contributed by atoms with E-state index in [1.54, 1.807) is 31.2 Å². The number of nitrogens with zero attached hydrogens (tertiary/aromatic N) is 5. The average molecular weight is 487 g/mol. The van der Waals surface area contributed by atoms with E-state index in [1.807, 2.05) is 6.07 Å². The van der Waals surface area contributed by atoms with E-state index in [0.717, 1.165) is 28.7 Å². The topological polar surface area (TPSA) is 96.8 Å². The predicted molar refractivity (Wildman–Crippen MR) is 113 cm³/mol. The van der Waals surface area contributed by atoms with Crippen molar-refractivity contribution in [2.45, 2.75) is 55.8 Å². The monoisotopic (exact) mass is 487 g/mol. The molecule has 3 aliphatic rings. The normalized spacial score (nSPS) is 25.5. The molecule has 3 fully saturated rings. The fourth-order valence-electron chi connectivity index (χ4n) is 5.65. The quantitative estimate of drug-likeness (QED) is 0.485. The molecule has 0 saturated heterocycles. The minimum Gasteiger partial charge on any atom is -0.476 e. The summed E-state index contributed by atoms with van der Waals surface area (Å²) in [7, 11) is 0. The lowest BCUT2D eigenvalue weighted by molar-refractivity contribution is -0.347. The molecule has 182 valence electrons. The van der Waals surface area contributed by atoms with Crippen molar-refractivity contribution in [2.75, 3.05) is 0 Å². The summed E-state index contributed by atoms with van der Waals surface area (Å²) in [5.74, 6) is -5.50. The molecular formula is C24H21F4N5O2. The highest BCUT2D eigenvalue weighted by Crippen LogP contribution is 2.80. The van der Waals surface area contributed by atoms with E-state index in [1.165, 1.54) is 0 Å². The van der Waals surface area contributed by atoms with Gasteiger partial charge in [0.25, 0.3) is 5.92 Å². The second kappa shape index (κ2) is 7.75. The number of benzene rings is 2. The Labute approximate surface area is 197 Å². The second-order valence-corrected chi connectivity index (χ2v) is 9.57. The van der Waals surface area contributed by atoms with Crippen LogP contribution in [-0.2, 0) is 17.6 Å². The lowest BCUT2D eigenvalue weighted by atomic mass is 9.30. The van der Waals surface area contributed by atoms with Gasteiger partial charge in [-0.25, -0.2) is 22.2 Å². The Kier molecular flexibility index (Phi) is 5.14. The summed E-state index contributed by atoms with van der Waals surface area (Å²) in [6.45, 7) is 0.800. The maximum atomic E-state index is 16.2. The third-order valence-electron chi connectivity index (χ3n) is 7.34. The largest absolute Gasteiger partial charge is 0.476 e. The van der Waals surface area contributed by atoms with Gasteiger partial charge in [0.05, 0.1) is 6.54 Å². The molecule has 0 spiro atoms. The zero-order valence-electron chi connectivity index (χ0n) is 18.6. The van der Waals surface area contributed by atoms with Crippen LogP contribution in [-0.4, -0.2) is 37.3 Å². The van der Waals surface area contributed by atoms with Crippen molar-refractivity contribution in [3.05, 3.63) is 71.6 Å². The second-order valence-electron chi connectivity index (χ2n) is 9.57. The van der Waals surface area contributed by atoms with Gasteiger partial charge >= 0.3 is 0 Å². The first-order valence-corrected chi connectivity index (χ1v) is 11.0. The first-order chi connectivity index (χ1) is 16.5. The highest BCUT2D eigenvalue weighted by molar-refractivity contribution is 5.44. The van der Waals surface area contributed by atoms with Gasteiger partial charge < -0.3 is 9.84 Å². The van der Waals surface area contributed by atoms with Gasteiger partial charge in [-0.1, -0.05) is 12.1 Å². The van der Waals surface area contributed by atoms with E-state index in [0.29, 0.717) is 11.8 Å². The van der Waals surface area contributed by atoms with Crippen LogP contribution in [0.5, 0.6) is 5.75 Å². The third-order valence-corrected chi connectivity index (χ3v) is 7.34. The van der Waals surface area contributed by atoms with Crippen molar-refractivity contribution in [1.82, 2.24) is 20.2 Å². The third kappa shape index (κ3) is 3.38. The first-order valence-electron chi connectivity index (χ1n) is 11.0. The maximum Gasteiger partial charge on any atom is 0.287 e. The van der Waals surface area contributed by atoms with Gasteiger partial charge in [0.15, 0.2) is 11.7 Å². The molecule has 2 atom stereocenters. The molecule has 2 aromatic carbocycles. The number of halogens is 4. The molecule has 11 heteroatoms. The van der Waals surface area contributed by atoms with Crippen LogP contribution in [0.3, 0.4) is 0 Å². The van der Waals surface area contributed by atoms with Gasteiger partial charge in [0.2, 0.25) is 0 Å². The number of hydrogen-bond acceptors (Lipinski definition) is 6. The number of aliphatic hydroxyl groups is 1. The molecule has 3 saturated carbocycles. The first kappa shape index (κ1) is 23.2. The predicted octanol–water partition coefficient (Wildman–Crippen LogP) is 3.89. The molecule has 3 aromatic rings. The summed E-state index contributed by atoms with van der Waals surface area (Å²) in [5.41, 5.74) is -4.94. The molecule has 35 heavy (non-hydrogen) atoms. The Morgan fingerprint density at radius 3 is 2.43 bits per heavy atom. The van der Waals surface area contributed by atoms with Crippen LogP contribution in [0.1, 0.15) is 37.3 Å². The molecule has 0 amide bonds. The highest BCUT2D eigenvalue weighted by Gasteiger charge is 2.82. The number of ether oxygens (including phenoxy) is 1. The Hall–Kier alpha value is -3.52. The molecule has 7 nitrogen and oxygen atoms in total. The van der Waals surface area contributed by atoms with Crippen molar-refractivity contribution in [3.63, 3.8) is 0 Å². The number of nitriles is 1. The molecule has 6 rings (SSSR count). The van der Waals surface area contributed by atoms with E-state index in [2.05, 4.69) is 15.5 Å². The smallest absolute Gasteiger partial charge is 0.287 e. The van der Waals surface area contributed by atoms with Gasteiger partial charge in [-0.2, -0.15) is 5.26 Å². The summed E-state index contributed by atoms with van der Waals surface area (Å²) < 4.78 is 66.9. The zero-order chi connectivity index (χ0) is 25.1. The number of aromatic nitrogens is 4. The Balaban J connectivity index is 1.43. The SMILES string of the molecule is CC(C#N)Oc1ccc(C23CC(C(F)(F)C(O)(Cn4cnnn4)c4ccc(F)cc4F)(C2)C3)cc1. The Bertz CT molecular complexity index is 1270. The van der Waals surface area contributed by atoms with Crippen molar-refractivity contribution in [2.24, 2.45) is 5.41 Å². The summed E-state index contributed by atoms with van der Waals surface area (Å²) in [4.78, 5) is 0. The van der Waals surface area contributed by atoms with E-state index >= 15 is 8.78 Å². The van der Waals surface area contributed by atoms with Crippen LogP contribution in [0, 0.1) is 28.4 Å². The Morgan fingerprint density at radius 1 is 1.17 bits per heavy atom.